The molecule has 0 bridgehead atoms. The number of ether oxygens (including phenoxy) is 1. The lowest BCUT2D eigenvalue weighted by molar-refractivity contribution is -0.0429. The molecule has 1 aromatic heterocycles. The standard InChI is InChI=1S/C22H29F3N6O4S2/c1-6-15(7-2)31-13(5)8-9-14-10-16(17(11-18(14)31)30-37(33,34)22(23,24)25)26-28-21-29-27-19(36-21)20(32)35-12(3)4/h10-13,15,30H,6-9H2,1-5H3. The average Bonchev–Trinajstić information content (AvgIpc) is 3.28. The van der Waals surface area contributed by atoms with Gasteiger partial charge in [0.15, 0.2) is 0 Å². The molecule has 2 aromatic rings. The number of hydrogen-bond acceptors (Lipinski definition) is 10. The van der Waals surface area contributed by atoms with Gasteiger partial charge in [-0.25, -0.2) is 4.79 Å². The monoisotopic (exact) mass is 562 g/mol. The molecule has 3 rings (SSSR count). The highest BCUT2D eigenvalue weighted by molar-refractivity contribution is 7.93. The number of carbonyl (C=O) groups is 1. The molecule has 0 aliphatic carbocycles. The van der Waals surface area contributed by atoms with Gasteiger partial charge >= 0.3 is 21.5 Å². The molecule has 1 aliphatic rings. The number of azo groups is 1. The van der Waals surface area contributed by atoms with Crippen LogP contribution in [0.25, 0.3) is 0 Å². The van der Waals surface area contributed by atoms with Gasteiger partial charge in [0.1, 0.15) is 5.69 Å². The van der Waals surface area contributed by atoms with E-state index in [1.165, 1.54) is 12.1 Å². The third-order valence-electron chi connectivity index (χ3n) is 5.84. The number of rotatable bonds is 9. The number of aromatic nitrogens is 2. The SMILES string of the molecule is CCC(CC)N1c2cc(NS(=O)(=O)C(F)(F)F)c(N=Nc3nnc(C(=O)OC(C)C)s3)cc2CCC1C. The zero-order valence-electron chi connectivity index (χ0n) is 21.0. The summed E-state index contributed by atoms with van der Waals surface area (Å²) in [7, 11) is -5.72. The van der Waals surface area contributed by atoms with Crippen molar-refractivity contribution >= 4 is 49.5 Å². The van der Waals surface area contributed by atoms with Crippen LogP contribution in [0.2, 0.25) is 0 Å². The molecule has 0 saturated carbocycles. The summed E-state index contributed by atoms with van der Waals surface area (Å²) < 4.78 is 70.3. The van der Waals surface area contributed by atoms with Gasteiger partial charge in [0.05, 0.1) is 11.8 Å². The minimum absolute atomic E-state index is 0.0506. The Morgan fingerprint density at radius 3 is 2.51 bits per heavy atom. The van der Waals surface area contributed by atoms with Crippen molar-refractivity contribution in [3.8, 4) is 0 Å². The predicted molar refractivity (Wildman–Crippen MR) is 134 cm³/mol. The van der Waals surface area contributed by atoms with E-state index >= 15 is 0 Å². The summed E-state index contributed by atoms with van der Waals surface area (Å²) in [6, 6.07) is 3.15. The normalized spacial score (nSPS) is 16.5. The second-order valence-corrected chi connectivity index (χ2v) is 11.5. The molecule has 1 N–H and O–H groups in total. The number of hydrogen-bond donors (Lipinski definition) is 1. The summed E-state index contributed by atoms with van der Waals surface area (Å²) in [6.45, 7) is 9.43. The highest BCUT2D eigenvalue weighted by atomic mass is 32.2. The van der Waals surface area contributed by atoms with E-state index < -0.39 is 21.5 Å². The van der Waals surface area contributed by atoms with Crippen LogP contribution in [0.5, 0.6) is 0 Å². The Hall–Kier alpha value is -2.81. The molecule has 204 valence electrons. The molecular weight excluding hydrogens is 533 g/mol. The summed E-state index contributed by atoms with van der Waals surface area (Å²) >= 11 is 0.781. The van der Waals surface area contributed by atoms with Crippen molar-refractivity contribution in [2.45, 2.75) is 84.0 Å². The Morgan fingerprint density at radius 2 is 1.92 bits per heavy atom. The lowest BCUT2D eigenvalue weighted by Gasteiger charge is -2.42. The molecule has 0 spiro atoms. The molecule has 0 fully saturated rings. The number of nitrogens with zero attached hydrogens (tertiary/aromatic N) is 5. The van der Waals surface area contributed by atoms with Gasteiger partial charge in [0.25, 0.3) is 5.13 Å². The van der Waals surface area contributed by atoms with Crippen LogP contribution in [0.4, 0.5) is 35.4 Å². The zero-order valence-corrected chi connectivity index (χ0v) is 22.7. The highest BCUT2D eigenvalue weighted by Gasteiger charge is 2.46. The molecule has 1 atom stereocenters. The molecule has 2 heterocycles. The first-order chi connectivity index (χ1) is 17.3. The van der Waals surface area contributed by atoms with Crippen molar-refractivity contribution in [1.29, 1.82) is 0 Å². The Balaban J connectivity index is 2.06. The zero-order chi connectivity index (χ0) is 27.5. The molecule has 1 aromatic carbocycles. The van der Waals surface area contributed by atoms with E-state index in [1.807, 2.05) is 20.8 Å². The predicted octanol–water partition coefficient (Wildman–Crippen LogP) is 6.11. The minimum Gasteiger partial charge on any atom is -0.458 e. The number of nitrogens with one attached hydrogen (secondary N) is 1. The van der Waals surface area contributed by atoms with Crippen LogP contribution in [-0.4, -0.2) is 48.3 Å². The summed E-state index contributed by atoms with van der Waals surface area (Å²) in [6.07, 6.45) is 2.69. The average molecular weight is 563 g/mol. The summed E-state index contributed by atoms with van der Waals surface area (Å²) in [5.74, 6) is -0.697. The van der Waals surface area contributed by atoms with Crippen LogP contribution in [-0.2, 0) is 21.2 Å². The van der Waals surface area contributed by atoms with E-state index in [4.69, 9.17) is 4.74 Å². The lowest BCUT2D eigenvalue weighted by Crippen LogP contribution is -2.44. The molecule has 0 saturated heterocycles. The number of anilines is 2. The fourth-order valence-electron chi connectivity index (χ4n) is 4.11. The maximum atomic E-state index is 13.2. The summed E-state index contributed by atoms with van der Waals surface area (Å²) in [4.78, 5) is 14.1. The number of aryl methyl sites for hydroxylation is 1. The number of halogens is 3. The molecule has 1 aliphatic heterocycles. The topological polar surface area (TPSA) is 126 Å². The van der Waals surface area contributed by atoms with Crippen molar-refractivity contribution in [1.82, 2.24) is 10.2 Å². The first-order valence-electron chi connectivity index (χ1n) is 11.8. The Labute approximate surface area is 217 Å². The first-order valence-corrected chi connectivity index (χ1v) is 14.1. The number of alkyl halides is 3. The van der Waals surface area contributed by atoms with Crippen molar-refractivity contribution < 1.29 is 31.1 Å². The maximum absolute atomic E-state index is 13.2. The summed E-state index contributed by atoms with van der Waals surface area (Å²) in [5, 5.41) is 15.2. The van der Waals surface area contributed by atoms with Gasteiger partial charge in [-0.2, -0.15) is 21.6 Å². The summed E-state index contributed by atoms with van der Waals surface area (Å²) in [5.41, 5.74) is -4.54. The van der Waals surface area contributed by atoms with E-state index in [-0.39, 0.29) is 39.7 Å². The second-order valence-electron chi connectivity index (χ2n) is 8.86. The van der Waals surface area contributed by atoms with E-state index in [2.05, 4.69) is 25.3 Å². The smallest absolute Gasteiger partial charge is 0.458 e. The van der Waals surface area contributed by atoms with Crippen LogP contribution in [0.3, 0.4) is 0 Å². The van der Waals surface area contributed by atoms with Gasteiger partial charge in [-0.1, -0.05) is 25.2 Å². The number of fused-ring (bicyclic) bond motifs is 1. The van der Waals surface area contributed by atoms with Crippen molar-refractivity contribution in [2.24, 2.45) is 10.2 Å². The van der Waals surface area contributed by atoms with Crippen LogP contribution in [0.1, 0.15) is 69.2 Å². The van der Waals surface area contributed by atoms with E-state index in [0.29, 0.717) is 12.1 Å². The fourth-order valence-corrected chi connectivity index (χ4v) is 5.22. The molecule has 37 heavy (non-hydrogen) atoms. The third-order valence-corrected chi connectivity index (χ3v) is 7.73. The first kappa shape index (κ1) is 28.8. The maximum Gasteiger partial charge on any atom is 0.516 e. The van der Waals surface area contributed by atoms with E-state index in [1.54, 1.807) is 18.6 Å². The van der Waals surface area contributed by atoms with Gasteiger partial charge in [-0.05, 0) is 64.2 Å². The Morgan fingerprint density at radius 1 is 1.24 bits per heavy atom. The van der Waals surface area contributed by atoms with Gasteiger partial charge in [0.2, 0.25) is 5.01 Å². The molecule has 10 nitrogen and oxygen atoms in total. The van der Waals surface area contributed by atoms with Crippen LogP contribution in [0, 0.1) is 0 Å². The molecular formula is C22H29F3N6O4S2. The van der Waals surface area contributed by atoms with Crippen molar-refractivity contribution in [2.75, 3.05) is 9.62 Å². The van der Waals surface area contributed by atoms with Crippen LogP contribution < -0.4 is 9.62 Å². The molecule has 1 unspecified atom stereocenters. The van der Waals surface area contributed by atoms with Crippen molar-refractivity contribution in [3.63, 3.8) is 0 Å². The van der Waals surface area contributed by atoms with Crippen LogP contribution in [0.15, 0.2) is 22.4 Å². The fraction of sp³-hybridized carbons (Fsp3) is 0.591. The van der Waals surface area contributed by atoms with Gasteiger partial charge < -0.3 is 9.64 Å². The van der Waals surface area contributed by atoms with Gasteiger partial charge in [-0.15, -0.1) is 20.4 Å². The number of sulfonamides is 1. The highest BCUT2D eigenvalue weighted by Crippen LogP contribution is 2.42. The number of carbonyl (C=O) groups excluding carboxylic acids is 1. The molecule has 0 amide bonds. The number of benzene rings is 1. The lowest BCUT2D eigenvalue weighted by atomic mass is 9.92. The third kappa shape index (κ3) is 6.55. The van der Waals surface area contributed by atoms with Gasteiger partial charge in [-0.3, -0.25) is 4.72 Å². The Bertz CT molecular complexity index is 1260. The quantitative estimate of drug-likeness (QED) is 0.289. The molecule has 15 heteroatoms. The second kappa shape index (κ2) is 11.3. The van der Waals surface area contributed by atoms with Gasteiger partial charge in [0, 0.05) is 17.8 Å². The Kier molecular flexibility index (Phi) is 8.78. The minimum atomic E-state index is -5.72. The van der Waals surface area contributed by atoms with E-state index in [0.717, 1.165) is 36.2 Å². The van der Waals surface area contributed by atoms with Crippen molar-refractivity contribution in [3.05, 3.63) is 22.7 Å². The number of esters is 1. The van der Waals surface area contributed by atoms with E-state index in [9.17, 15) is 26.4 Å². The largest absolute Gasteiger partial charge is 0.516 e. The molecule has 0 radical (unpaired) electrons. The van der Waals surface area contributed by atoms with Crippen LogP contribution >= 0.6 is 11.3 Å².